The Hall–Kier alpha value is -2.73. The standard InChI is InChI=1S/C25H29N3O2S/c1-4-6-8-19-20-14-15-21-23(24(20)31-22(19)9-7-5-2)26-27-28(21)16-17-10-12-18(13-11-17)25(29)30-3/h10-15H,4-9,16H2,1-3H3. The van der Waals surface area contributed by atoms with E-state index in [1.165, 1.54) is 53.3 Å². The number of nitrogens with zero attached hydrogens (tertiary/aromatic N) is 3. The molecule has 2 aromatic heterocycles. The van der Waals surface area contributed by atoms with Crippen LogP contribution in [-0.4, -0.2) is 28.1 Å². The molecule has 0 aliphatic rings. The molecule has 0 aliphatic carbocycles. The van der Waals surface area contributed by atoms with Gasteiger partial charge >= 0.3 is 5.97 Å². The molecule has 31 heavy (non-hydrogen) atoms. The number of esters is 1. The van der Waals surface area contributed by atoms with Gasteiger partial charge in [-0.2, -0.15) is 0 Å². The summed E-state index contributed by atoms with van der Waals surface area (Å²) in [6.45, 7) is 5.11. The first kappa shape index (κ1) is 21.5. The zero-order valence-corrected chi connectivity index (χ0v) is 19.3. The van der Waals surface area contributed by atoms with Gasteiger partial charge in [-0.05, 0) is 60.4 Å². The summed E-state index contributed by atoms with van der Waals surface area (Å²) >= 11 is 1.90. The third kappa shape index (κ3) is 4.35. The number of methoxy groups -OCH3 is 1. The van der Waals surface area contributed by atoms with Crippen LogP contribution in [0.2, 0.25) is 0 Å². The van der Waals surface area contributed by atoms with E-state index in [9.17, 15) is 4.79 Å². The largest absolute Gasteiger partial charge is 0.465 e. The van der Waals surface area contributed by atoms with Gasteiger partial charge in [-0.3, -0.25) is 0 Å². The molecule has 0 atom stereocenters. The maximum atomic E-state index is 11.7. The molecular formula is C25H29N3O2S. The topological polar surface area (TPSA) is 57.0 Å². The summed E-state index contributed by atoms with van der Waals surface area (Å²) in [7, 11) is 1.39. The summed E-state index contributed by atoms with van der Waals surface area (Å²) in [6, 6.07) is 11.9. The smallest absolute Gasteiger partial charge is 0.337 e. The molecule has 0 amide bonds. The lowest BCUT2D eigenvalue weighted by Crippen LogP contribution is -2.04. The predicted octanol–water partition coefficient (Wildman–Crippen LogP) is 6.17. The Kier molecular flexibility index (Phi) is 6.66. The number of carbonyl (C=O) groups is 1. The average Bonchev–Trinajstić information content (AvgIpc) is 3.37. The lowest BCUT2D eigenvalue weighted by molar-refractivity contribution is 0.0600. The van der Waals surface area contributed by atoms with Crippen LogP contribution in [0.1, 0.15) is 65.9 Å². The summed E-state index contributed by atoms with van der Waals surface area (Å²) in [5.74, 6) is -0.324. The van der Waals surface area contributed by atoms with Gasteiger partial charge < -0.3 is 4.74 Å². The first-order valence-electron chi connectivity index (χ1n) is 11.1. The van der Waals surface area contributed by atoms with Gasteiger partial charge in [0.05, 0.1) is 29.4 Å². The first-order valence-corrected chi connectivity index (χ1v) is 11.9. The molecule has 162 valence electrons. The van der Waals surface area contributed by atoms with E-state index in [0.717, 1.165) is 29.4 Å². The quantitative estimate of drug-likeness (QED) is 0.295. The number of ether oxygens (including phenoxy) is 1. The van der Waals surface area contributed by atoms with Crippen LogP contribution >= 0.6 is 11.3 Å². The molecule has 0 fully saturated rings. The molecule has 0 spiro atoms. The van der Waals surface area contributed by atoms with E-state index in [0.29, 0.717) is 12.1 Å². The Morgan fingerprint density at radius 2 is 1.77 bits per heavy atom. The number of aromatic nitrogens is 3. The van der Waals surface area contributed by atoms with Gasteiger partial charge in [-0.15, -0.1) is 16.4 Å². The average molecular weight is 436 g/mol. The third-order valence-electron chi connectivity index (χ3n) is 5.77. The van der Waals surface area contributed by atoms with Crippen LogP contribution in [0.3, 0.4) is 0 Å². The van der Waals surface area contributed by atoms with Crippen molar-refractivity contribution in [2.24, 2.45) is 0 Å². The lowest BCUT2D eigenvalue weighted by atomic mass is 10.0. The van der Waals surface area contributed by atoms with Crippen molar-refractivity contribution < 1.29 is 9.53 Å². The van der Waals surface area contributed by atoms with Crippen molar-refractivity contribution in [3.63, 3.8) is 0 Å². The number of hydrogen-bond acceptors (Lipinski definition) is 5. The molecule has 0 bridgehead atoms. The SMILES string of the molecule is CCCCc1sc2c(ccc3c2nnn3Cc2ccc(C(=O)OC)cc2)c1CCCC. The van der Waals surface area contributed by atoms with Gasteiger partial charge in [0.2, 0.25) is 0 Å². The lowest BCUT2D eigenvalue weighted by Gasteiger charge is -2.05. The van der Waals surface area contributed by atoms with E-state index in [1.54, 1.807) is 12.1 Å². The molecule has 4 rings (SSSR count). The number of rotatable bonds is 9. The molecule has 4 aromatic rings. The molecular weight excluding hydrogens is 406 g/mol. The molecule has 2 heterocycles. The van der Waals surface area contributed by atoms with Crippen LogP contribution in [0.5, 0.6) is 0 Å². The van der Waals surface area contributed by atoms with Gasteiger partial charge in [-0.1, -0.05) is 50.1 Å². The van der Waals surface area contributed by atoms with Crippen LogP contribution in [0.4, 0.5) is 0 Å². The van der Waals surface area contributed by atoms with Crippen LogP contribution < -0.4 is 0 Å². The molecule has 6 heteroatoms. The maximum absolute atomic E-state index is 11.7. The summed E-state index contributed by atoms with van der Waals surface area (Å²) in [5.41, 5.74) is 5.18. The minimum absolute atomic E-state index is 0.324. The van der Waals surface area contributed by atoms with E-state index in [2.05, 4.69) is 36.3 Å². The Labute approximate surface area is 187 Å². The van der Waals surface area contributed by atoms with Gasteiger partial charge in [0, 0.05) is 4.88 Å². The van der Waals surface area contributed by atoms with E-state index < -0.39 is 0 Å². The zero-order valence-electron chi connectivity index (χ0n) is 18.5. The van der Waals surface area contributed by atoms with E-state index in [4.69, 9.17) is 4.74 Å². The van der Waals surface area contributed by atoms with E-state index in [1.807, 2.05) is 28.2 Å². The van der Waals surface area contributed by atoms with Gasteiger partial charge in [0.25, 0.3) is 0 Å². The Morgan fingerprint density at radius 1 is 1.03 bits per heavy atom. The predicted molar refractivity (Wildman–Crippen MR) is 127 cm³/mol. The molecule has 0 saturated heterocycles. The molecule has 0 N–H and O–H groups in total. The summed E-state index contributed by atoms with van der Waals surface area (Å²) in [6.07, 6.45) is 7.15. The normalized spacial score (nSPS) is 11.5. The number of thiophene rings is 1. The number of carbonyl (C=O) groups excluding carboxylic acids is 1. The Bertz CT molecular complexity index is 1190. The monoisotopic (exact) mass is 435 g/mol. The van der Waals surface area contributed by atoms with Crippen molar-refractivity contribution in [3.05, 3.63) is 58.0 Å². The van der Waals surface area contributed by atoms with Gasteiger partial charge in [0.15, 0.2) is 0 Å². The minimum Gasteiger partial charge on any atom is -0.465 e. The summed E-state index contributed by atoms with van der Waals surface area (Å²) in [5, 5.41) is 10.4. The second kappa shape index (κ2) is 9.60. The number of aryl methyl sites for hydroxylation is 2. The van der Waals surface area contributed by atoms with Crippen LogP contribution in [-0.2, 0) is 24.1 Å². The highest BCUT2D eigenvalue weighted by atomic mass is 32.1. The van der Waals surface area contributed by atoms with Gasteiger partial charge in [0.1, 0.15) is 5.52 Å². The van der Waals surface area contributed by atoms with Crippen molar-refractivity contribution in [1.82, 2.24) is 15.0 Å². The van der Waals surface area contributed by atoms with Crippen LogP contribution in [0.15, 0.2) is 36.4 Å². The third-order valence-corrected chi connectivity index (χ3v) is 7.09. The highest BCUT2D eigenvalue weighted by Crippen LogP contribution is 2.37. The molecule has 0 radical (unpaired) electrons. The number of unbranched alkanes of at least 4 members (excludes halogenated alkanes) is 2. The van der Waals surface area contributed by atoms with Crippen LogP contribution in [0.25, 0.3) is 21.1 Å². The second-order valence-corrected chi connectivity index (χ2v) is 9.06. The molecule has 0 saturated carbocycles. The fourth-order valence-corrected chi connectivity index (χ4v) is 5.38. The second-order valence-electron chi connectivity index (χ2n) is 7.96. The maximum Gasteiger partial charge on any atom is 0.337 e. The minimum atomic E-state index is -0.324. The first-order chi connectivity index (χ1) is 15.2. The van der Waals surface area contributed by atoms with Gasteiger partial charge in [-0.25, -0.2) is 9.48 Å². The van der Waals surface area contributed by atoms with Crippen molar-refractivity contribution in [2.75, 3.05) is 7.11 Å². The number of benzene rings is 2. The summed E-state index contributed by atoms with van der Waals surface area (Å²) in [4.78, 5) is 13.2. The summed E-state index contributed by atoms with van der Waals surface area (Å²) < 4.78 is 7.98. The Balaban J connectivity index is 1.68. The fourth-order valence-electron chi connectivity index (χ4n) is 4.01. The van der Waals surface area contributed by atoms with E-state index in [-0.39, 0.29) is 5.97 Å². The zero-order chi connectivity index (χ0) is 21.8. The van der Waals surface area contributed by atoms with Crippen molar-refractivity contribution in [2.45, 2.75) is 58.9 Å². The van der Waals surface area contributed by atoms with Crippen molar-refractivity contribution >= 4 is 38.4 Å². The fraction of sp³-hybridized carbons (Fsp3) is 0.400. The molecule has 5 nitrogen and oxygen atoms in total. The van der Waals surface area contributed by atoms with Crippen molar-refractivity contribution in [1.29, 1.82) is 0 Å². The van der Waals surface area contributed by atoms with E-state index >= 15 is 0 Å². The highest BCUT2D eigenvalue weighted by molar-refractivity contribution is 7.20. The number of hydrogen-bond donors (Lipinski definition) is 0. The Morgan fingerprint density at radius 3 is 2.48 bits per heavy atom. The highest BCUT2D eigenvalue weighted by Gasteiger charge is 2.17. The molecule has 0 unspecified atom stereocenters. The van der Waals surface area contributed by atoms with Crippen molar-refractivity contribution in [3.8, 4) is 0 Å². The molecule has 2 aromatic carbocycles. The molecule has 0 aliphatic heterocycles. The number of fused-ring (bicyclic) bond motifs is 3. The van der Waals surface area contributed by atoms with Crippen LogP contribution in [0, 0.1) is 0 Å².